The van der Waals surface area contributed by atoms with Gasteiger partial charge in [0.05, 0.1) is 0 Å². The van der Waals surface area contributed by atoms with Gasteiger partial charge in [0.1, 0.15) is 23.4 Å². The third kappa shape index (κ3) is 10.0. The predicted octanol–water partition coefficient (Wildman–Crippen LogP) is 4.53. The van der Waals surface area contributed by atoms with Gasteiger partial charge in [-0.2, -0.15) is 0 Å². The first-order valence-corrected chi connectivity index (χ1v) is 12.3. The van der Waals surface area contributed by atoms with Crippen molar-refractivity contribution in [3.05, 3.63) is 29.8 Å². The van der Waals surface area contributed by atoms with Crippen molar-refractivity contribution in [1.29, 1.82) is 0 Å². The summed E-state index contributed by atoms with van der Waals surface area (Å²) in [6, 6.07) is 4.56. The minimum absolute atomic E-state index is 0.0755. The van der Waals surface area contributed by atoms with Crippen LogP contribution in [0.4, 0.5) is 4.79 Å². The Morgan fingerprint density at radius 2 is 1.68 bits per heavy atom. The molecular formula is C26H43N3O5. The van der Waals surface area contributed by atoms with Gasteiger partial charge in [-0.1, -0.05) is 46.2 Å². The van der Waals surface area contributed by atoms with Crippen LogP contribution in [0.3, 0.4) is 0 Å². The molecule has 0 fully saturated rings. The largest absolute Gasteiger partial charge is 0.508 e. The lowest BCUT2D eigenvalue weighted by Gasteiger charge is -2.34. The number of carbonyl (C=O) groups excluding carboxylic acids is 3. The number of nitrogens with one attached hydrogen (secondary N) is 2. The van der Waals surface area contributed by atoms with Gasteiger partial charge in [0.15, 0.2) is 0 Å². The normalized spacial score (nSPS) is 13.2. The SMILES string of the molecule is CCCCNC(=O)C(c1ccc(O)cc1)N(CCC)C(=O)C(CC(C)C)NC(=O)OC(C)(C)C. The summed E-state index contributed by atoms with van der Waals surface area (Å²) in [5, 5.41) is 15.4. The Kier molecular flexibility index (Phi) is 11.9. The van der Waals surface area contributed by atoms with Crippen molar-refractivity contribution in [2.45, 2.75) is 91.8 Å². The van der Waals surface area contributed by atoms with E-state index in [4.69, 9.17) is 4.74 Å². The number of unbranched alkanes of at least 4 members (excludes halogenated alkanes) is 1. The highest BCUT2D eigenvalue weighted by Crippen LogP contribution is 2.26. The Balaban J connectivity index is 3.34. The fourth-order valence-electron chi connectivity index (χ4n) is 3.56. The number of phenolic OH excluding ortho intramolecular Hbond substituents is 1. The van der Waals surface area contributed by atoms with Crippen LogP contribution in [-0.2, 0) is 14.3 Å². The van der Waals surface area contributed by atoms with E-state index < -0.39 is 23.8 Å². The first-order valence-electron chi connectivity index (χ1n) is 12.3. The lowest BCUT2D eigenvalue weighted by Crippen LogP contribution is -2.53. The Hall–Kier alpha value is -2.77. The molecule has 0 aromatic heterocycles. The summed E-state index contributed by atoms with van der Waals surface area (Å²) >= 11 is 0. The van der Waals surface area contributed by atoms with E-state index >= 15 is 0 Å². The number of hydrogen-bond donors (Lipinski definition) is 3. The zero-order valence-electron chi connectivity index (χ0n) is 21.8. The number of phenols is 1. The van der Waals surface area contributed by atoms with E-state index in [1.165, 1.54) is 17.0 Å². The zero-order chi connectivity index (χ0) is 25.9. The second kappa shape index (κ2) is 13.8. The molecule has 0 aliphatic heterocycles. The quantitative estimate of drug-likeness (QED) is 0.383. The number of nitrogens with zero attached hydrogens (tertiary/aromatic N) is 1. The van der Waals surface area contributed by atoms with Crippen LogP contribution in [0, 0.1) is 5.92 Å². The van der Waals surface area contributed by atoms with Crippen molar-refractivity contribution in [3.63, 3.8) is 0 Å². The molecule has 8 heteroatoms. The summed E-state index contributed by atoms with van der Waals surface area (Å²) in [5.74, 6) is -0.434. The van der Waals surface area contributed by atoms with E-state index in [0.717, 1.165) is 12.8 Å². The average molecular weight is 478 g/mol. The van der Waals surface area contributed by atoms with Crippen LogP contribution in [0.25, 0.3) is 0 Å². The van der Waals surface area contributed by atoms with Gasteiger partial charge in [-0.3, -0.25) is 9.59 Å². The highest BCUT2D eigenvalue weighted by Gasteiger charge is 2.36. The van der Waals surface area contributed by atoms with Gasteiger partial charge < -0.3 is 25.4 Å². The maximum absolute atomic E-state index is 13.8. The van der Waals surface area contributed by atoms with Crippen molar-refractivity contribution in [2.24, 2.45) is 5.92 Å². The second-order valence-corrected chi connectivity index (χ2v) is 10.00. The molecule has 0 saturated carbocycles. The van der Waals surface area contributed by atoms with Gasteiger partial charge in [-0.15, -0.1) is 0 Å². The number of ether oxygens (including phenoxy) is 1. The molecule has 0 spiro atoms. The molecule has 1 aromatic carbocycles. The molecule has 2 unspecified atom stereocenters. The third-order valence-corrected chi connectivity index (χ3v) is 5.04. The first kappa shape index (κ1) is 29.3. The fraction of sp³-hybridized carbons (Fsp3) is 0.654. The van der Waals surface area contributed by atoms with E-state index in [1.807, 2.05) is 27.7 Å². The molecule has 0 aliphatic carbocycles. The summed E-state index contributed by atoms with van der Waals surface area (Å²) in [5.41, 5.74) is -0.110. The monoisotopic (exact) mass is 477 g/mol. The van der Waals surface area contributed by atoms with Crippen LogP contribution >= 0.6 is 0 Å². The Morgan fingerprint density at radius 1 is 1.06 bits per heavy atom. The van der Waals surface area contributed by atoms with Gasteiger partial charge in [0.2, 0.25) is 11.8 Å². The highest BCUT2D eigenvalue weighted by atomic mass is 16.6. The topological polar surface area (TPSA) is 108 Å². The van der Waals surface area contributed by atoms with E-state index in [-0.39, 0.29) is 23.5 Å². The van der Waals surface area contributed by atoms with Crippen LogP contribution in [0.1, 0.15) is 85.8 Å². The van der Waals surface area contributed by atoms with E-state index in [9.17, 15) is 19.5 Å². The molecule has 3 N–H and O–H groups in total. The molecule has 3 amide bonds. The van der Waals surface area contributed by atoms with Gasteiger partial charge >= 0.3 is 6.09 Å². The summed E-state index contributed by atoms with van der Waals surface area (Å²) in [7, 11) is 0. The van der Waals surface area contributed by atoms with Gasteiger partial charge in [-0.25, -0.2) is 4.79 Å². The minimum atomic E-state index is -0.889. The molecule has 0 saturated heterocycles. The molecule has 2 atom stereocenters. The Labute approximate surface area is 204 Å². The second-order valence-electron chi connectivity index (χ2n) is 10.00. The molecular weight excluding hydrogens is 434 g/mol. The van der Waals surface area contributed by atoms with Crippen LogP contribution in [0.15, 0.2) is 24.3 Å². The molecule has 0 radical (unpaired) electrons. The predicted molar refractivity (Wildman–Crippen MR) is 133 cm³/mol. The van der Waals surface area contributed by atoms with Gasteiger partial charge in [0, 0.05) is 13.1 Å². The number of aromatic hydroxyl groups is 1. The number of hydrogen-bond acceptors (Lipinski definition) is 5. The zero-order valence-corrected chi connectivity index (χ0v) is 21.8. The van der Waals surface area contributed by atoms with Gasteiger partial charge in [0.25, 0.3) is 0 Å². The van der Waals surface area contributed by atoms with Crippen molar-refractivity contribution in [3.8, 4) is 5.75 Å². The van der Waals surface area contributed by atoms with E-state index in [1.54, 1.807) is 32.9 Å². The van der Waals surface area contributed by atoms with Gasteiger partial charge in [-0.05, 0) is 63.6 Å². The number of alkyl carbamates (subject to hydrolysis) is 1. The molecule has 0 heterocycles. The van der Waals surface area contributed by atoms with Crippen molar-refractivity contribution >= 4 is 17.9 Å². The first-order chi connectivity index (χ1) is 15.9. The lowest BCUT2D eigenvalue weighted by molar-refractivity contribution is -0.142. The van der Waals surface area contributed by atoms with Crippen LogP contribution in [-0.4, -0.2) is 52.6 Å². The smallest absolute Gasteiger partial charge is 0.408 e. The molecule has 0 bridgehead atoms. The Bertz CT molecular complexity index is 787. The molecule has 192 valence electrons. The summed E-state index contributed by atoms with van der Waals surface area (Å²) in [6.45, 7) is 14.0. The number of rotatable bonds is 12. The summed E-state index contributed by atoms with van der Waals surface area (Å²) in [6.07, 6.45) is 2.11. The molecule has 8 nitrogen and oxygen atoms in total. The Morgan fingerprint density at radius 3 is 2.18 bits per heavy atom. The molecule has 34 heavy (non-hydrogen) atoms. The summed E-state index contributed by atoms with van der Waals surface area (Å²) in [4.78, 5) is 41.1. The maximum atomic E-state index is 13.8. The third-order valence-electron chi connectivity index (χ3n) is 5.04. The van der Waals surface area contributed by atoms with Crippen LogP contribution < -0.4 is 10.6 Å². The minimum Gasteiger partial charge on any atom is -0.508 e. The number of carbonyl (C=O) groups is 3. The fourth-order valence-corrected chi connectivity index (χ4v) is 3.56. The maximum Gasteiger partial charge on any atom is 0.408 e. The van der Waals surface area contributed by atoms with Crippen molar-refractivity contribution in [1.82, 2.24) is 15.5 Å². The number of amides is 3. The standard InChI is InChI=1S/C26H43N3O5/c1-8-10-15-27-23(31)22(19-11-13-20(30)14-12-19)29(16-9-2)24(32)21(17-18(3)4)28-25(33)34-26(5,6)7/h11-14,18,21-22,30H,8-10,15-17H2,1-7H3,(H,27,31)(H,28,33). The van der Waals surface area contributed by atoms with Crippen LogP contribution in [0.2, 0.25) is 0 Å². The van der Waals surface area contributed by atoms with Crippen molar-refractivity contribution < 1.29 is 24.2 Å². The van der Waals surface area contributed by atoms with Crippen molar-refractivity contribution in [2.75, 3.05) is 13.1 Å². The number of benzene rings is 1. The van der Waals surface area contributed by atoms with E-state index in [2.05, 4.69) is 10.6 Å². The molecule has 0 aliphatic rings. The lowest BCUT2D eigenvalue weighted by atomic mass is 9.99. The average Bonchev–Trinajstić information content (AvgIpc) is 2.72. The van der Waals surface area contributed by atoms with E-state index in [0.29, 0.717) is 31.5 Å². The van der Waals surface area contributed by atoms with Crippen LogP contribution in [0.5, 0.6) is 5.75 Å². The summed E-state index contributed by atoms with van der Waals surface area (Å²) < 4.78 is 5.38. The highest BCUT2D eigenvalue weighted by molar-refractivity contribution is 5.92. The molecule has 1 aromatic rings. The molecule has 1 rings (SSSR count).